The summed E-state index contributed by atoms with van der Waals surface area (Å²) in [6.07, 6.45) is -4.54. The molecule has 0 spiro atoms. The Kier molecular flexibility index (Phi) is 6.95. The number of halogens is 3. The van der Waals surface area contributed by atoms with Crippen LogP contribution in [0.4, 0.5) is 19.0 Å². The van der Waals surface area contributed by atoms with Crippen molar-refractivity contribution < 1.29 is 22.7 Å². The Hall–Kier alpha value is -3.62. The van der Waals surface area contributed by atoms with Gasteiger partial charge in [0, 0.05) is 31.7 Å². The van der Waals surface area contributed by atoms with Crippen molar-refractivity contribution in [2.75, 3.05) is 37.7 Å². The number of aromatic nitrogens is 2. The number of hydrogen-bond acceptors (Lipinski definition) is 5. The van der Waals surface area contributed by atoms with Crippen LogP contribution in [0.25, 0.3) is 11.3 Å². The first-order valence-corrected chi connectivity index (χ1v) is 11.4. The predicted octanol–water partition coefficient (Wildman–Crippen LogP) is 4.82. The first kappa shape index (κ1) is 24.5. The highest BCUT2D eigenvalue weighted by Gasteiger charge is 2.34. The van der Waals surface area contributed by atoms with Gasteiger partial charge in [0.15, 0.2) is 12.4 Å². The van der Waals surface area contributed by atoms with Gasteiger partial charge < -0.3 is 14.5 Å². The normalized spacial score (nSPS) is 14.2. The topological polar surface area (TPSA) is 58.6 Å². The van der Waals surface area contributed by atoms with Gasteiger partial charge in [-0.2, -0.15) is 13.2 Å². The first-order valence-electron chi connectivity index (χ1n) is 11.4. The summed E-state index contributed by atoms with van der Waals surface area (Å²) in [4.78, 5) is 16.2. The van der Waals surface area contributed by atoms with E-state index >= 15 is 0 Å². The van der Waals surface area contributed by atoms with E-state index in [0.717, 1.165) is 28.7 Å². The lowest BCUT2D eigenvalue weighted by molar-refractivity contribution is -0.141. The lowest BCUT2D eigenvalue weighted by atomic mass is 9.99. The van der Waals surface area contributed by atoms with E-state index in [1.807, 2.05) is 17.0 Å². The zero-order chi connectivity index (χ0) is 25.2. The Morgan fingerprint density at radius 3 is 2.26 bits per heavy atom. The molecule has 0 aliphatic carbocycles. The van der Waals surface area contributed by atoms with Gasteiger partial charge >= 0.3 is 6.18 Å². The van der Waals surface area contributed by atoms with Crippen LogP contribution in [0.5, 0.6) is 5.75 Å². The number of amides is 1. The molecule has 1 saturated heterocycles. The average molecular weight is 485 g/mol. The molecular formula is C26H27F3N4O2. The van der Waals surface area contributed by atoms with Crippen LogP contribution in [-0.4, -0.2) is 53.8 Å². The minimum absolute atomic E-state index is 0.346. The van der Waals surface area contributed by atoms with Gasteiger partial charge in [-0.05, 0) is 67.8 Å². The number of anilines is 1. The number of hydrogen-bond donors (Lipinski definition) is 0. The number of benzene rings is 2. The second kappa shape index (κ2) is 9.93. The number of rotatable bonds is 5. The fourth-order valence-corrected chi connectivity index (χ4v) is 4.12. The molecule has 1 amide bonds. The van der Waals surface area contributed by atoms with Crippen molar-refractivity contribution in [2.24, 2.45) is 0 Å². The van der Waals surface area contributed by atoms with Crippen molar-refractivity contribution in [2.45, 2.75) is 26.9 Å². The van der Waals surface area contributed by atoms with Gasteiger partial charge in [0.1, 0.15) is 5.75 Å². The van der Waals surface area contributed by atoms with Crippen molar-refractivity contribution in [1.29, 1.82) is 0 Å². The number of nitrogens with zero attached hydrogens (tertiary/aromatic N) is 4. The quantitative estimate of drug-likeness (QED) is 0.520. The van der Waals surface area contributed by atoms with Crippen LogP contribution >= 0.6 is 0 Å². The summed E-state index contributed by atoms with van der Waals surface area (Å²) in [5, 5.41) is 8.81. The second-order valence-electron chi connectivity index (χ2n) is 8.68. The van der Waals surface area contributed by atoms with Gasteiger partial charge in [-0.25, -0.2) is 0 Å². The zero-order valence-corrected chi connectivity index (χ0v) is 19.9. The van der Waals surface area contributed by atoms with E-state index in [1.165, 1.54) is 29.3 Å². The molecule has 184 valence electrons. The van der Waals surface area contributed by atoms with Crippen LogP contribution < -0.4 is 9.64 Å². The Bertz CT molecular complexity index is 1200. The van der Waals surface area contributed by atoms with E-state index in [0.29, 0.717) is 26.2 Å². The molecular weight excluding hydrogens is 457 g/mol. The molecule has 6 nitrogen and oxygen atoms in total. The van der Waals surface area contributed by atoms with Gasteiger partial charge in [0.05, 0.1) is 11.3 Å². The second-order valence-corrected chi connectivity index (χ2v) is 8.68. The van der Waals surface area contributed by atoms with Crippen LogP contribution in [0, 0.1) is 20.8 Å². The molecule has 0 atom stereocenters. The predicted molar refractivity (Wildman–Crippen MR) is 127 cm³/mol. The molecule has 9 heteroatoms. The maximum Gasteiger partial charge on any atom is 0.419 e. The Morgan fingerprint density at radius 2 is 1.60 bits per heavy atom. The SMILES string of the molecule is Cc1cc(C)c(-c2ccc(N3CCN(C(=O)COc4ccccc4C(F)(F)F)CC3)nn2)cc1C. The fraction of sp³-hybridized carbons (Fsp3) is 0.346. The third kappa shape index (κ3) is 5.55. The van der Waals surface area contributed by atoms with E-state index in [4.69, 9.17) is 4.74 Å². The molecule has 0 bridgehead atoms. The van der Waals surface area contributed by atoms with E-state index in [-0.39, 0.29) is 11.7 Å². The van der Waals surface area contributed by atoms with E-state index < -0.39 is 18.3 Å². The Morgan fingerprint density at radius 1 is 0.914 bits per heavy atom. The van der Waals surface area contributed by atoms with E-state index in [9.17, 15) is 18.0 Å². The molecule has 0 unspecified atom stereocenters. The summed E-state index contributed by atoms with van der Waals surface area (Å²) in [5.41, 5.74) is 4.54. The summed E-state index contributed by atoms with van der Waals surface area (Å²) in [5.74, 6) is 0.0207. The van der Waals surface area contributed by atoms with E-state index in [2.05, 4.69) is 43.1 Å². The molecule has 1 aliphatic rings. The van der Waals surface area contributed by atoms with Crippen LogP contribution in [0.3, 0.4) is 0 Å². The summed E-state index contributed by atoms with van der Waals surface area (Å²) >= 11 is 0. The molecule has 1 fully saturated rings. The molecule has 1 aromatic heterocycles. The first-order chi connectivity index (χ1) is 16.6. The third-order valence-corrected chi connectivity index (χ3v) is 6.27. The lowest BCUT2D eigenvalue weighted by Gasteiger charge is -2.35. The van der Waals surface area contributed by atoms with Gasteiger partial charge in [-0.15, -0.1) is 10.2 Å². The lowest BCUT2D eigenvalue weighted by Crippen LogP contribution is -2.50. The van der Waals surface area contributed by atoms with Crippen molar-refractivity contribution in [1.82, 2.24) is 15.1 Å². The number of alkyl halides is 3. The molecule has 35 heavy (non-hydrogen) atoms. The Labute approximate surface area is 202 Å². The molecule has 0 N–H and O–H groups in total. The molecule has 2 aromatic carbocycles. The van der Waals surface area contributed by atoms with Crippen LogP contribution in [-0.2, 0) is 11.0 Å². The van der Waals surface area contributed by atoms with Crippen molar-refractivity contribution in [3.05, 3.63) is 70.8 Å². The molecule has 1 aliphatic heterocycles. The van der Waals surface area contributed by atoms with Crippen molar-refractivity contribution in [3.63, 3.8) is 0 Å². The molecule has 0 saturated carbocycles. The highest BCUT2D eigenvalue weighted by Crippen LogP contribution is 2.36. The summed E-state index contributed by atoms with van der Waals surface area (Å²) in [6, 6.07) is 13.0. The standard InChI is InChI=1S/C26H27F3N4O2/c1-17-14-19(3)20(15-18(17)2)22-8-9-24(31-30-22)32-10-12-33(13-11-32)25(34)16-35-23-7-5-4-6-21(23)26(27,28)29/h4-9,14-15H,10-13,16H2,1-3H3. The number of aryl methyl sites for hydroxylation is 3. The van der Waals surface area contributed by atoms with Crippen molar-refractivity contribution >= 4 is 11.7 Å². The average Bonchev–Trinajstić information content (AvgIpc) is 2.84. The fourth-order valence-electron chi connectivity index (χ4n) is 4.12. The number of ether oxygens (including phenoxy) is 1. The maximum absolute atomic E-state index is 13.1. The summed E-state index contributed by atoms with van der Waals surface area (Å²) < 4.78 is 44.6. The maximum atomic E-state index is 13.1. The number of para-hydroxylation sites is 1. The van der Waals surface area contributed by atoms with Gasteiger partial charge in [-0.1, -0.05) is 18.2 Å². The van der Waals surface area contributed by atoms with Gasteiger partial charge in [0.25, 0.3) is 5.91 Å². The molecule has 4 rings (SSSR count). The summed E-state index contributed by atoms with van der Waals surface area (Å²) in [6.45, 7) is 7.69. The zero-order valence-electron chi connectivity index (χ0n) is 19.9. The largest absolute Gasteiger partial charge is 0.483 e. The molecule has 3 aromatic rings. The number of carbonyl (C=O) groups is 1. The smallest absolute Gasteiger partial charge is 0.419 e. The highest BCUT2D eigenvalue weighted by molar-refractivity contribution is 5.78. The van der Waals surface area contributed by atoms with E-state index in [1.54, 1.807) is 4.90 Å². The minimum Gasteiger partial charge on any atom is -0.483 e. The Balaban J connectivity index is 1.34. The van der Waals surface area contributed by atoms with Gasteiger partial charge in [0.2, 0.25) is 0 Å². The van der Waals surface area contributed by atoms with Crippen LogP contribution in [0.1, 0.15) is 22.3 Å². The monoisotopic (exact) mass is 484 g/mol. The highest BCUT2D eigenvalue weighted by atomic mass is 19.4. The number of carbonyl (C=O) groups excluding carboxylic acids is 1. The van der Waals surface area contributed by atoms with Crippen molar-refractivity contribution in [3.8, 4) is 17.0 Å². The van der Waals surface area contributed by atoms with Crippen LogP contribution in [0.15, 0.2) is 48.5 Å². The summed E-state index contributed by atoms with van der Waals surface area (Å²) in [7, 11) is 0. The molecule has 2 heterocycles. The van der Waals surface area contributed by atoms with Gasteiger partial charge in [-0.3, -0.25) is 4.79 Å². The van der Waals surface area contributed by atoms with Crippen LogP contribution in [0.2, 0.25) is 0 Å². The third-order valence-electron chi connectivity index (χ3n) is 6.27. The number of piperazine rings is 1. The minimum atomic E-state index is -4.54. The molecule has 0 radical (unpaired) electrons.